The number of hydrogen-bond acceptors (Lipinski definition) is 6. The van der Waals surface area contributed by atoms with Crippen molar-refractivity contribution in [3.8, 4) is 5.75 Å². The maximum atomic E-state index is 12.6. The van der Waals surface area contributed by atoms with Crippen molar-refractivity contribution in [2.75, 3.05) is 0 Å². The van der Waals surface area contributed by atoms with Crippen LogP contribution in [0.1, 0.15) is 44.9 Å². The highest BCUT2D eigenvalue weighted by atomic mass is 16.6. The largest absolute Gasteiger partial charge is 0.506 e. The minimum Gasteiger partial charge on any atom is -0.506 e. The van der Waals surface area contributed by atoms with E-state index >= 15 is 0 Å². The summed E-state index contributed by atoms with van der Waals surface area (Å²) >= 11 is 0. The number of carbonyl (C=O) groups is 3. The Labute approximate surface area is 160 Å². The van der Waals surface area contributed by atoms with E-state index in [1.165, 1.54) is 19.1 Å². The number of fused-ring (bicyclic) bond motifs is 1. The molecule has 4 N–H and O–H groups in total. The number of aliphatic carboxylic acids is 1. The summed E-state index contributed by atoms with van der Waals surface area (Å²) in [5, 5.41) is 32.3. The standard InChI is InChI=1S/C20H19NO7/c1-10-16(22)12-7-8-13(17(23)15(12)20(27)28-10)18(24)21-14(19(25)26)9-11-5-3-2-4-6-11/h2-8,10,14,16,22-23H,9H2,1H3,(H,21,24)(H,25,26)/t10-,14+,16+/m1/s1. The van der Waals surface area contributed by atoms with Crippen molar-refractivity contribution >= 4 is 17.8 Å². The van der Waals surface area contributed by atoms with Crippen LogP contribution in [0.15, 0.2) is 42.5 Å². The van der Waals surface area contributed by atoms with Gasteiger partial charge in [-0.1, -0.05) is 36.4 Å². The molecule has 3 rings (SSSR count). The number of cyclic esters (lactones) is 1. The molecule has 146 valence electrons. The molecule has 1 heterocycles. The smallest absolute Gasteiger partial charge is 0.342 e. The lowest BCUT2D eigenvalue weighted by molar-refractivity contribution is -0.139. The molecule has 0 unspecified atom stereocenters. The Morgan fingerprint density at radius 3 is 2.50 bits per heavy atom. The van der Waals surface area contributed by atoms with Gasteiger partial charge >= 0.3 is 11.9 Å². The number of carboxylic acids is 1. The molecule has 0 aromatic heterocycles. The van der Waals surface area contributed by atoms with E-state index in [1.807, 2.05) is 0 Å². The average Bonchev–Trinajstić information content (AvgIpc) is 2.66. The van der Waals surface area contributed by atoms with Crippen molar-refractivity contribution in [3.05, 3.63) is 64.7 Å². The third-order valence-electron chi connectivity index (χ3n) is 4.60. The van der Waals surface area contributed by atoms with Gasteiger partial charge in [-0.2, -0.15) is 0 Å². The van der Waals surface area contributed by atoms with Gasteiger partial charge in [0.05, 0.1) is 5.56 Å². The molecule has 0 aliphatic carbocycles. The maximum absolute atomic E-state index is 12.6. The zero-order valence-electron chi connectivity index (χ0n) is 15.0. The number of phenols is 1. The maximum Gasteiger partial charge on any atom is 0.342 e. The number of amides is 1. The van der Waals surface area contributed by atoms with Gasteiger partial charge in [-0.05, 0) is 18.6 Å². The first-order valence-corrected chi connectivity index (χ1v) is 8.62. The molecule has 0 radical (unpaired) electrons. The lowest BCUT2D eigenvalue weighted by Gasteiger charge is -2.28. The first-order valence-electron chi connectivity index (χ1n) is 8.62. The summed E-state index contributed by atoms with van der Waals surface area (Å²) in [7, 11) is 0. The number of aliphatic hydroxyl groups excluding tert-OH is 1. The van der Waals surface area contributed by atoms with Crippen LogP contribution in [0.5, 0.6) is 5.75 Å². The quantitative estimate of drug-likeness (QED) is 0.572. The summed E-state index contributed by atoms with van der Waals surface area (Å²) in [5.74, 6) is -3.61. The Morgan fingerprint density at radius 2 is 1.86 bits per heavy atom. The van der Waals surface area contributed by atoms with E-state index < -0.39 is 41.8 Å². The van der Waals surface area contributed by atoms with E-state index in [4.69, 9.17) is 4.74 Å². The minimum atomic E-state index is -1.24. The molecule has 1 amide bonds. The molecule has 0 fully saturated rings. The number of hydrogen-bond donors (Lipinski definition) is 4. The van der Waals surface area contributed by atoms with Gasteiger partial charge in [-0.15, -0.1) is 0 Å². The summed E-state index contributed by atoms with van der Waals surface area (Å²) < 4.78 is 4.96. The highest BCUT2D eigenvalue weighted by Gasteiger charge is 2.36. The summed E-state index contributed by atoms with van der Waals surface area (Å²) in [6.45, 7) is 1.50. The Balaban J connectivity index is 1.87. The normalized spacial score (nSPS) is 19.3. The second-order valence-electron chi connectivity index (χ2n) is 6.54. The molecular weight excluding hydrogens is 366 g/mol. The zero-order chi connectivity index (χ0) is 20.4. The molecule has 0 saturated heterocycles. The molecule has 28 heavy (non-hydrogen) atoms. The number of phenolic OH excluding ortho intramolecular Hbond substituents is 1. The molecule has 1 aliphatic heterocycles. The number of aliphatic hydroxyl groups is 1. The van der Waals surface area contributed by atoms with Crippen LogP contribution < -0.4 is 5.32 Å². The number of aromatic hydroxyl groups is 1. The lowest BCUT2D eigenvalue weighted by atomic mass is 9.93. The number of rotatable bonds is 5. The molecule has 2 aromatic rings. The minimum absolute atomic E-state index is 0.0475. The van der Waals surface area contributed by atoms with Gasteiger partial charge < -0.3 is 25.4 Å². The predicted octanol–water partition coefficient (Wildman–Crippen LogP) is 1.41. The highest BCUT2D eigenvalue weighted by Crippen LogP contribution is 2.36. The van der Waals surface area contributed by atoms with Gasteiger partial charge in [-0.3, -0.25) is 4.79 Å². The van der Waals surface area contributed by atoms with Crippen LogP contribution in [-0.4, -0.2) is 45.3 Å². The molecule has 0 saturated carbocycles. The van der Waals surface area contributed by atoms with E-state index in [0.717, 1.165) is 0 Å². The molecule has 0 spiro atoms. The van der Waals surface area contributed by atoms with Crippen LogP contribution in [-0.2, 0) is 16.0 Å². The van der Waals surface area contributed by atoms with Crippen LogP contribution >= 0.6 is 0 Å². The molecule has 8 heteroatoms. The van der Waals surface area contributed by atoms with E-state index in [9.17, 15) is 29.7 Å². The van der Waals surface area contributed by atoms with Gasteiger partial charge in [0.1, 0.15) is 29.6 Å². The van der Waals surface area contributed by atoms with Crippen molar-refractivity contribution in [1.29, 1.82) is 0 Å². The van der Waals surface area contributed by atoms with Crippen molar-refractivity contribution in [3.63, 3.8) is 0 Å². The zero-order valence-corrected chi connectivity index (χ0v) is 15.0. The number of nitrogens with one attached hydrogen (secondary N) is 1. The summed E-state index contributed by atoms with van der Waals surface area (Å²) in [6, 6.07) is 10.1. The van der Waals surface area contributed by atoms with Crippen molar-refractivity contribution in [2.24, 2.45) is 0 Å². The Kier molecular flexibility index (Phi) is 5.32. The van der Waals surface area contributed by atoms with Gasteiger partial charge in [0.15, 0.2) is 0 Å². The molecule has 1 aliphatic rings. The van der Waals surface area contributed by atoms with Crippen LogP contribution in [0.4, 0.5) is 0 Å². The SMILES string of the molecule is C[C@H]1OC(=O)c2c(ccc(C(=O)N[C@@H](Cc3ccccc3)C(=O)O)c2O)[C@H]1O. The van der Waals surface area contributed by atoms with Crippen molar-refractivity contribution in [1.82, 2.24) is 5.32 Å². The number of ether oxygens (including phenoxy) is 1. The fourth-order valence-corrected chi connectivity index (χ4v) is 3.08. The third kappa shape index (κ3) is 3.67. The van der Waals surface area contributed by atoms with Gasteiger partial charge in [0.2, 0.25) is 0 Å². The van der Waals surface area contributed by atoms with Crippen LogP contribution in [0, 0.1) is 0 Å². The van der Waals surface area contributed by atoms with E-state index in [0.29, 0.717) is 5.56 Å². The second-order valence-corrected chi connectivity index (χ2v) is 6.54. The first kappa shape index (κ1) is 19.4. The Morgan fingerprint density at radius 1 is 1.18 bits per heavy atom. The summed E-state index contributed by atoms with van der Waals surface area (Å²) in [5.41, 5.74) is 0.285. The van der Waals surface area contributed by atoms with Crippen LogP contribution in [0.3, 0.4) is 0 Å². The van der Waals surface area contributed by atoms with E-state index in [-0.39, 0.29) is 23.1 Å². The van der Waals surface area contributed by atoms with E-state index in [2.05, 4.69) is 5.32 Å². The van der Waals surface area contributed by atoms with Gasteiger partial charge in [-0.25, -0.2) is 9.59 Å². The summed E-state index contributed by atoms with van der Waals surface area (Å²) in [4.78, 5) is 36.2. The van der Waals surface area contributed by atoms with Crippen molar-refractivity contribution in [2.45, 2.75) is 31.6 Å². The fraction of sp³-hybridized carbons (Fsp3) is 0.250. The first-order chi connectivity index (χ1) is 13.3. The molecule has 2 aromatic carbocycles. The lowest BCUT2D eigenvalue weighted by Crippen LogP contribution is -2.42. The van der Waals surface area contributed by atoms with Gasteiger partial charge in [0.25, 0.3) is 5.91 Å². The number of carbonyl (C=O) groups excluding carboxylic acids is 2. The van der Waals surface area contributed by atoms with Gasteiger partial charge in [0, 0.05) is 12.0 Å². The van der Waals surface area contributed by atoms with Crippen LogP contribution in [0.2, 0.25) is 0 Å². The Bertz CT molecular complexity index is 926. The molecule has 0 bridgehead atoms. The Hall–Kier alpha value is -3.39. The predicted molar refractivity (Wildman–Crippen MR) is 97.0 cm³/mol. The number of carboxylic acid groups (broad SMARTS) is 1. The second kappa shape index (κ2) is 7.69. The molecule has 8 nitrogen and oxygen atoms in total. The number of esters is 1. The third-order valence-corrected chi connectivity index (χ3v) is 4.60. The topological polar surface area (TPSA) is 133 Å². The molecule has 3 atom stereocenters. The molecular formula is C20H19NO7. The van der Waals surface area contributed by atoms with Crippen LogP contribution in [0.25, 0.3) is 0 Å². The van der Waals surface area contributed by atoms with E-state index in [1.54, 1.807) is 30.3 Å². The summed E-state index contributed by atoms with van der Waals surface area (Å²) in [6.07, 6.45) is -1.88. The highest BCUT2D eigenvalue weighted by molar-refractivity contribution is 6.04. The van der Waals surface area contributed by atoms with Crippen molar-refractivity contribution < 1.29 is 34.4 Å². The average molecular weight is 385 g/mol. The fourth-order valence-electron chi connectivity index (χ4n) is 3.08. The number of benzene rings is 2. The monoisotopic (exact) mass is 385 g/mol.